The van der Waals surface area contributed by atoms with E-state index in [9.17, 15) is 31.5 Å². The zero-order valence-corrected chi connectivity index (χ0v) is 23.6. The maximum Gasteiger partial charge on any atom is 0.586 e. The van der Waals surface area contributed by atoms with Gasteiger partial charge >= 0.3 is 12.5 Å². The van der Waals surface area contributed by atoms with Crippen molar-refractivity contribution in [1.82, 2.24) is 15.0 Å². The summed E-state index contributed by atoms with van der Waals surface area (Å²) in [6, 6.07) is 5.85. The summed E-state index contributed by atoms with van der Waals surface area (Å²) < 4.78 is 87.7. The third-order valence-electron chi connectivity index (χ3n) is 7.36. The van der Waals surface area contributed by atoms with E-state index in [1.165, 1.54) is 18.4 Å². The van der Waals surface area contributed by atoms with Gasteiger partial charge in [-0.15, -0.1) is 8.78 Å². The second-order valence-electron chi connectivity index (χ2n) is 10.2. The summed E-state index contributed by atoms with van der Waals surface area (Å²) in [6.07, 6.45) is -7.34. The van der Waals surface area contributed by atoms with Crippen LogP contribution in [0, 0.1) is 0 Å². The number of ether oxygens (including phenoxy) is 4. The number of carbonyl (C=O) groups excluding carboxylic acids is 2. The number of thiazole rings is 1. The first-order valence-electron chi connectivity index (χ1n) is 13.2. The van der Waals surface area contributed by atoms with Crippen molar-refractivity contribution < 1.29 is 50.5 Å². The molecule has 2 amide bonds. The van der Waals surface area contributed by atoms with Crippen LogP contribution < -0.4 is 29.7 Å². The fourth-order valence-electron chi connectivity index (χ4n) is 5.34. The first kappa shape index (κ1) is 28.9. The number of nitrogens with one attached hydrogen (secondary N) is 2. The Balaban J connectivity index is 1.24. The number of rotatable bonds is 6. The molecule has 0 spiro atoms. The number of morpholine rings is 1. The molecule has 2 N–H and O–H groups in total. The summed E-state index contributed by atoms with van der Waals surface area (Å²) in [5.74, 6) is -3.30. The lowest BCUT2D eigenvalue weighted by Gasteiger charge is -2.52. The molecule has 4 aromatic rings. The molecule has 234 valence electrons. The van der Waals surface area contributed by atoms with Crippen LogP contribution in [-0.4, -0.2) is 65.5 Å². The molecular formula is C27H19F5N6O6S. The van der Waals surface area contributed by atoms with Gasteiger partial charge in [0.15, 0.2) is 16.6 Å². The van der Waals surface area contributed by atoms with Gasteiger partial charge in [-0.3, -0.25) is 9.59 Å². The summed E-state index contributed by atoms with van der Waals surface area (Å²) in [5.41, 5.74) is -1.54. The molecule has 2 bridgehead atoms. The van der Waals surface area contributed by atoms with E-state index in [4.69, 9.17) is 14.5 Å². The highest BCUT2D eigenvalue weighted by Gasteiger charge is 2.45. The van der Waals surface area contributed by atoms with Crippen LogP contribution in [0.4, 0.5) is 38.6 Å². The first-order valence-corrected chi connectivity index (χ1v) is 14.0. The van der Waals surface area contributed by atoms with Crippen molar-refractivity contribution in [3.8, 4) is 17.2 Å². The summed E-state index contributed by atoms with van der Waals surface area (Å²) in [7, 11) is 1.36. The maximum absolute atomic E-state index is 13.9. The largest absolute Gasteiger partial charge is 0.586 e. The fourth-order valence-corrected chi connectivity index (χ4v) is 6.59. The topological polar surface area (TPSA) is 137 Å². The zero-order chi connectivity index (χ0) is 31.7. The van der Waals surface area contributed by atoms with Crippen LogP contribution in [0.3, 0.4) is 0 Å². The van der Waals surface area contributed by atoms with Crippen molar-refractivity contribution in [1.29, 1.82) is 0 Å². The lowest BCUT2D eigenvalue weighted by Crippen LogP contribution is -2.64. The number of halogens is 5. The second-order valence-corrected chi connectivity index (χ2v) is 11.2. The average molecular weight is 651 g/mol. The molecule has 2 unspecified atom stereocenters. The Morgan fingerprint density at radius 1 is 1.04 bits per heavy atom. The molecule has 0 saturated carbocycles. The van der Waals surface area contributed by atoms with Crippen LogP contribution >= 0.6 is 11.3 Å². The number of amides is 2. The number of anilines is 3. The minimum absolute atomic E-state index is 0.0562. The van der Waals surface area contributed by atoms with Crippen molar-refractivity contribution in [3.63, 3.8) is 0 Å². The van der Waals surface area contributed by atoms with Crippen LogP contribution in [0.25, 0.3) is 10.2 Å². The number of carbonyl (C=O) groups is 2. The average Bonchev–Trinajstić information content (AvgIpc) is 3.54. The molecule has 0 radical (unpaired) electrons. The van der Waals surface area contributed by atoms with E-state index in [0.717, 1.165) is 18.6 Å². The minimum Gasteiger partial charge on any atom is -0.496 e. The molecule has 18 heteroatoms. The fraction of sp³-hybridized carbons (Fsp3) is 0.296. The number of hydrogen-bond acceptors (Lipinski definition) is 11. The Kier molecular flexibility index (Phi) is 6.66. The Morgan fingerprint density at radius 3 is 2.47 bits per heavy atom. The number of methoxy groups -OCH3 is 1. The maximum atomic E-state index is 13.9. The molecule has 3 aliphatic rings. The number of nitrogens with zero attached hydrogens (tertiary/aromatic N) is 4. The number of hydrogen-bond donors (Lipinski definition) is 2. The summed E-state index contributed by atoms with van der Waals surface area (Å²) in [5, 5.41) is 5.38. The van der Waals surface area contributed by atoms with Crippen LogP contribution in [0.5, 0.6) is 17.2 Å². The van der Waals surface area contributed by atoms with Gasteiger partial charge in [-0.05, 0) is 24.6 Å². The molecule has 2 aromatic carbocycles. The highest BCUT2D eigenvalue weighted by Crippen LogP contribution is 2.45. The quantitative estimate of drug-likeness (QED) is 0.277. The van der Waals surface area contributed by atoms with Gasteiger partial charge in [-0.2, -0.15) is 13.2 Å². The Labute approximate surface area is 253 Å². The highest BCUT2D eigenvalue weighted by atomic mass is 32.1. The van der Waals surface area contributed by atoms with E-state index in [-0.39, 0.29) is 29.1 Å². The third kappa shape index (κ3) is 5.18. The smallest absolute Gasteiger partial charge is 0.496 e. The monoisotopic (exact) mass is 650 g/mol. The van der Waals surface area contributed by atoms with Gasteiger partial charge in [-0.25, -0.2) is 15.0 Å². The van der Waals surface area contributed by atoms with Crippen LogP contribution in [0.15, 0.2) is 36.7 Å². The summed E-state index contributed by atoms with van der Waals surface area (Å²) in [6.45, 7) is 1.12. The lowest BCUT2D eigenvalue weighted by molar-refractivity contribution is -0.286. The van der Waals surface area contributed by atoms with Gasteiger partial charge in [0.2, 0.25) is 0 Å². The van der Waals surface area contributed by atoms with Crippen molar-refractivity contribution in [2.45, 2.75) is 31.0 Å². The predicted octanol–water partition coefficient (Wildman–Crippen LogP) is 4.92. The number of alkyl halides is 5. The second kappa shape index (κ2) is 10.4. The summed E-state index contributed by atoms with van der Waals surface area (Å²) in [4.78, 5) is 40.7. The molecule has 2 atom stereocenters. The lowest BCUT2D eigenvalue weighted by atomic mass is 9.92. The van der Waals surface area contributed by atoms with Crippen LogP contribution in [0.1, 0.15) is 32.8 Å². The van der Waals surface area contributed by atoms with E-state index >= 15 is 0 Å². The first-order chi connectivity index (χ1) is 21.4. The minimum atomic E-state index is -4.83. The molecule has 45 heavy (non-hydrogen) atoms. The van der Waals surface area contributed by atoms with E-state index in [1.54, 1.807) is 12.1 Å². The van der Waals surface area contributed by atoms with E-state index < -0.39 is 52.9 Å². The van der Waals surface area contributed by atoms with Crippen molar-refractivity contribution in [2.24, 2.45) is 0 Å². The molecule has 0 aliphatic carbocycles. The van der Waals surface area contributed by atoms with Crippen molar-refractivity contribution >= 4 is 50.0 Å². The SMILES string of the molecule is COc1ccc2nc(N3C4COCC3C4)sc2c1C(=O)Nc1cc2c(cc1C(=O)Nc1cc(C(F)(F)F)ncn1)OC(F)(F)O2. The molecule has 7 rings (SSSR count). The van der Waals surface area contributed by atoms with Crippen LogP contribution in [-0.2, 0) is 10.9 Å². The van der Waals surface area contributed by atoms with E-state index in [0.29, 0.717) is 41.0 Å². The molecule has 2 fully saturated rings. The molecule has 3 aliphatic heterocycles. The molecule has 5 heterocycles. The summed E-state index contributed by atoms with van der Waals surface area (Å²) >= 11 is 1.26. The van der Waals surface area contributed by atoms with Gasteiger partial charge in [-0.1, -0.05) is 11.3 Å². The van der Waals surface area contributed by atoms with Gasteiger partial charge in [0.25, 0.3) is 11.8 Å². The van der Waals surface area contributed by atoms with Crippen LogP contribution in [0.2, 0.25) is 0 Å². The van der Waals surface area contributed by atoms with Gasteiger partial charge in [0, 0.05) is 12.1 Å². The Morgan fingerprint density at radius 2 is 1.78 bits per heavy atom. The third-order valence-corrected chi connectivity index (χ3v) is 8.46. The van der Waals surface area contributed by atoms with Gasteiger partial charge in [0.1, 0.15) is 29.2 Å². The van der Waals surface area contributed by atoms with E-state index in [2.05, 4.69) is 35.0 Å². The van der Waals surface area contributed by atoms with Crippen molar-refractivity contribution in [3.05, 3.63) is 53.5 Å². The highest BCUT2D eigenvalue weighted by molar-refractivity contribution is 7.22. The normalized spacial score (nSPS) is 19.6. The molecular weight excluding hydrogens is 631 g/mol. The van der Waals surface area contributed by atoms with Gasteiger partial charge in [0.05, 0.1) is 53.9 Å². The number of fused-ring (bicyclic) bond motifs is 4. The zero-order valence-electron chi connectivity index (χ0n) is 22.8. The molecule has 2 aromatic heterocycles. The standard InChI is InChI=1S/C27H19F5N6O6S/c1-41-16-3-2-14-22(45-25(36-14)38-11-4-12(38)9-42-8-11)21(16)24(40)35-15-6-18-17(43-27(31,32)44-18)5-13(15)23(39)37-20-7-19(26(28,29)30)33-10-34-20/h2-3,5-7,10-12H,4,8-9H2,1H3,(H,35,40)(H,33,34,37,39). The van der Waals surface area contributed by atoms with Crippen molar-refractivity contribution in [2.75, 3.05) is 35.9 Å². The number of aromatic nitrogens is 3. The molecule has 12 nitrogen and oxygen atoms in total. The predicted molar refractivity (Wildman–Crippen MR) is 147 cm³/mol. The Bertz CT molecular complexity index is 1860. The van der Waals surface area contributed by atoms with E-state index in [1.807, 2.05) is 0 Å². The van der Waals surface area contributed by atoms with Gasteiger partial charge < -0.3 is 34.5 Å². The molecule has 2 saturated heterocycles. The number of benzene rings is 2. The Hall–Kier alpha value is -4.84.